The lowest BCUT2D eigenvalue weighted by Gasteiger charge is -2.19. The van der Waals surface area contributed by atoms with Gasteiger partial charge >= 0.3 is 0 Å². The quantitative estimate of drug-likeness (QED) is 0.710. The van der Waals surface area contributed by atoms with Gasteiger partial charge in [-0.25, -0.2) is 0 Å². The molecule has 0 saturated carbocycles. The van der Waals surface area contributed by atoms with Gasteiger partial charge in [0.2, 0.25) is 5.91 Å². The fourth-order valence-corrected chi connectivity index (χ4v) is 2.20. The molecule has 4 N–H and O–H groups in total. The van der Waals surface area contributed by atoms with E-state index >= 15 is 0 Å². The number of rotatable bonds is 4. The van der Waals surface area contributed by atoms with E-state index in [1.807, 2.05) is 12.1 Å². The zero-order valence-electron chi connectivity index (χ0n) is 10.1. The number of carbonyl (C=O) groups is 1. The zero-order chi connectivity index (χ0) is 13.1. The van der Waals surface area contributed by atoms with Gasteiger partial charge in [-0.15, -0.1) is 0 Å². The van der Waals surface area contributed by atoms with Gasteiger partial charge in [0.05, 0.1) is 0 Å². The van der Waals surface area contributed by atoms with E-state index in [-0.39, 0.29) is 0 Å². The van der Waals surface area contributed by atoms with Crippen LogP contribution in [0.3, 0.4) is 0 Å². The number of anilines is 1. The van der Waals surface area contributed by atoms with Crippen molar-refractivity contribution in [2.24, 2.45) is 5.73 Å². The number of nitrogens with zero attached hydrogens (tertiary/aromatic N) is 1. The second-order valence-corrected chi connectivity index (χ2v) is 4.58. The van der Waals surface area contributed by atoms with Crippen molar-refractivity contribution in [1.29, 1.82) is 0 Å². The maximum absolute atomic E-state index is 10.8. The predicted molar refractivity (Wildman–Crippen MR) is 68.1 cm³/mol. The van der Waals surface area contributed by atoms with E-state index < -0.39 is 18.1 Å². The highest BCUT2D eigenvalue weighted by Gasteiger charge is 2.23. The molecule has 0 aromatic heterocycles. The minimum atomic E-state index is -1.57. The molecule has 5 nitrogen and oxygen atoms in total. The lowest BCUT2D eigenvalue weighted by molar-refractivity contribution is -0.131. The Bertz CT molecular complexity index is 413. The number of amides is 1. The standard InChI is InChI=1S/C13H18N2O3/c14-13(18)12(17)11(16)9-3-5-10(6-4-9)15-7-1-2-8-15/h3-6,11-12,16-17H,1-2,7-8H2,(H2,14,18). The average Bonchev–Trinajstić information content (AvgIpc) is 2.91. The van der Waals surface area contributed by atoms with E-state index in [0.717, 1.165) is 18.8 Å². The summed E-state index contributed by atoms with van der Waals surface area (Å²) in [5.41, 5.74) is 6.53. The molecule has 0 aliphatic carbocycles. The van der Waals surface area contributed by atoms with Crippen LogP contribution >= 0.6 is 0 Å². The monoisotopic (exact) mass is 250 g/mol. The van der Waals surface area contributed by atoms with E-state index in [1.54, 1.807) is 12.1 Å². The summed E-state index contributed by atoms with van der Waals surface area (Å²) in [4.78, 5) is 13.1. The van der Waals surface area contributed by atoms with Gasteiger partial charge in [0.25, 0.3) is 0 Å². The molecule has 1 saturated heterocycles. The Hall–Kier alpha value is -1.59. The van der Waals surface area contributed by atoms with Gasteiger partial charge in [0.15, 0.2) is 6.10 Å². The van der Waals surface area contributed by atoms with E-state index in [0.29, 0.717) is 5.56 Å². The molecule has 2 atom stereocenters. The highest BCUT2D eigenvalue weighted by molar-refractivity contribution is 5.79. The molecule has 1 heterocycles. The molecule has 98 valence electrons. The van der Waals surface area contributed by atoms with Crippen LogP contribution in [0.1, 0.15) is 24.5 Å². The first kappa shape index (κ1) is 12.9. The van der Waals surface area contributed by atoms with Crippen molar-refractivity contribution in [2.75, 3.05) is 18.0 Å². The van der Waals surface area contributed by atoms with Crippen molar-refractivity contribution in [1.82, 2.24) is 0 Å². The van der Waals surface area contributed by atoms with Crippen LogP contribution in [0.4, 0.5) is 5.69 Å². The first-order chi connectivity index (χ1) is 8.59. The molecule has 0 radical (unpaired) electrons. The number of benzene rings is 1. The Labute approximate surface area is 106 Å². The van der Waals surface area contributed by atoms with Crippen LogP contribution in [0.5, 0.6) is 0 Å². The summed E-state index contributed by atoms with van der Waals surface area (Å²) in [6.45, 7) is 2.09. The highest BCUT2D eigenvalue weighted by Crippen LogP contribution is 2.23. The van der Waals surface area contributed by atoms with Crippen LogP contribution in [0.25, 0.3) is 0 Å². The molecule has 2 rings (SSSR count). The van der Waals surface area contributed by atoms with Crippen molar-refractivity contribution in [2.45, 2.75) is 25.0 Å². The van der Waals surface area contributed by atoms with Crippen molar-refractivity contribution in [3.05, 3.63) is 29.8 Å². The number of aliphatic hydroxyl groups excluding tert-OH is 2. The molecule has 0 bridgehead atoms. The molecule has 1 aliphatic rings. The zero-order valence-corrected chi connectivity index (χ0v) is 10.1. The molecule has 18 heavy (non-hydrogen) atoms. The van der Waals surface area contributed by atoms with Crippen LogP contribution in [-0.2, 0) is 4.79 Å². The summed E-state index contributed by atoms with van der Waals surface area (Å²) >= 11 is 0. The highest BCUT2D eigenvalue weighted by atomic mass is 16.3. The first-order valence-corrected chi connectivity index (χ1v) is 6.10. The van der Waals surface area contributed by atoms with Gasteiger partial charge < -0.3 is 20.8 Å². The Kier molecular flexibility index (Phi) is 3.84. The normalized spacial score (nSPS) is 18.7. The summed E-state index contributed by atoms with van der Waals surface area (Å²) in [5.74, 6) is -0.925. The maximum atomic E-state index is 10.8. The topological polar surface area (TPSA) is 86.8 Å². The third kappa shape index (κ3) is 2.63. The summed E-state index contributed by atoms with van der Waals surface area (Å²) in [7, 11) is 0. The lowest BCUT2D eigenvalue weighted by atomic mass is 10.0. The van der Waals surface area contributed by atoms with E-state index in [9.17, 15) is 15.0 Å². The van der Waals surface area contributed by atoms with Gasteiger partial charge in [-0.1, -0.05) is 12.1 Å². The van der Waals surface area contributed by atoms with Crippen LogP contribution in [-0.4, -0.2) is 35.3 Å². The molecule has 1 aromatic carbocycles. The Morgan fingerprint density at radius 2 is 1.72 bits per heavy atom. The van der Waals surface area contributed by atoms with Gasteiger partial charge in [-0.05, 0) is 30.5 Å². The minimum absolute atomic E-state index is 0.490. The summed E-state index contributed by atoms with van der Waals surface area (Å²) in [6, 6.07) is 7.20. The van der Waals surface area contributed by atoms with Gasteiger partial charge in [0, 0.05) is 18.8 Å². The number of aliphatic hydroxyl groups is 2. The maximum Gasteiger partial charge on any atom is 0.249 e. The Morgan fingerprint density at radius 1 is 1.17 bits per heavy atom. The molecule has 2 unspecified atom stereocenters. The molecule has 1 fully saturated rings. The largest absolute Gasteiger partial charge is 0.385 e. The fourth-order valence-electron chi connectivity index (χ4n) is 2.20. The van der Waals surface area contributed by atoms with Crippen molar-refractivity contribution in [3.8, 4) is 0 Å². The van der Waals surface area contributed by atoms with Gasteiger partial charge in [0.1, 0.15) is 6.10 Å². The van der Waals surface area contributed by atoms with E-state index in [4.69, 9.17) is 5.73 Å². The number of hydrogen-bond acceptors (Lipinski definition) is 4. The molecule has 1 amide bonds. The number of carbonyl (C=O) groups excluding carboxylic acids is 1. The SMILES string of the molecule is NC(=O)C(O)C(O)c1ccc(N2CCCC2)cc1. The van der Waals surface area contributed by atoms with Crippen LogP contribution in [0.2, 0.25) is 0 Å². The smallest absolute Gasteiger partial charge is 0.249 e. The molecule has 5 heteroatoms. The minimum Gasteiger partial charge on any atom is -0.385 e. The molecule has 1 aromatic rings. The third-order valence-electron chi connectivity index (χ3n) is 3.30. The lowest BCUT2D eigenvalue weighted by Crippen LogP contribution is -2.33. The fraction of sp³-hybridized carbons (Fsp3) is 0.462. The molecule has 0 spiro atoms. The second-order valence-electron chi connectivity index (χ2n) is 4.58. The van der Waals surface area contributed by atoms with E-state index in [1.165, 1.54) is 12.8 Å². The molecular weight excluding hydrogens is 232 g/mol. The second kappa shape index (κ2) is 5.37. The van der Waals surface area contributed by atoms with Crippen molar-refractivity contribution in [3.63, 3.8) is 0 Å². The number of hydrogen-bond donors (Lipinski definition) is 3. The van der Waals surface area contributed by atoms with Crippen molar-refractivity contribution < 1.29 is 15.0 Å². The predicted octanol–water partition coefficient (Wildman–Crippen LogP) is 0.166. The summed E-state index contributed by atoms with van der Waals surface area (Å²) < 4.78 is 0. The van der Waals surface area contributed by atoms with Crippen molar-refractivity contribution >= 4 is 11.6 Å². The number of nitrogens with two attached hydrogens (primary N) is 1. The summed E-state index contributed by atoms with van der Waals surface area (Å²) in [6.07, 6.45) is -0.437. The first-order valence-electron chi connectivity index (χ1n) is 6.10. The van der Waals surface area contributed by atoms with E-state index in [2.05, 4.69) is 4.90 Å². The van der Waals surface area contributed by atoms with Gasteiger partial charge in [-0.2, -0.15) is 0 Å². The number of primary amides is 1. The van der Waals surface area contributed by atoms with Crippen LogP contribution < -0.4 is 10.6 Å². The van der Waals surface area contributed by atoms with Gasteiger partial charge in [-0.3, -0.25) is 4.79 Å². The Balaban J connectivity index is 2.09. The molecular formula is C13H18N2O3. The molecule has 1 aliphatic heterocycles. The van der Waals surface area contributed by atoms with Crippen LogP contribution in [0.15, 0.2) is 24.3 Å². The van der Waals surface area contributed by atoms with Crippen LogP contribution in [0, 0.1) is 0 Å². The third-order valence-corrected chi connectivity index (χ3v) is 3.30. The Morgan fingerprint density at radius 3 is 2.22 bits per heavy atom. The average molecular weight is 250 g/mol. The summed E-state index contributed by atoms with van der Waals surface area (Å²) in [5, 5.41) is 19.1.